The van der Waals surface area contributed by atoms with Crippen LogP contribution in [0, 0.1) is 5.92 Å². The van der Waals surface area contributed by atoms with E-state index in [1.165, 1.54) is 32.1 Å². The van der Waals surface area contributed by atoms with Crippen molar-refractivity contribution in [1.82, 2.24) is 24.0 Å². The van der Waals surface area contributed by atoms with Gasteiger partial charge in [-0.15, -0.1) is 0 Å². The van der Waals surface area contributed by atoms with E-state index in [4.69, 9.17) is 0 Å². The number of nitrogens with zero attached hydrogens (tertiary/aromatic N) is 5. The summed E-state index contributed by atoms with van der Waals surface area (Å²) < 4.78 is 3.75. The van der Waals surface area contributed by atoms with Crippen LogP contribution in [0.5, 0.6) is 0 Å². The molecule has 0 N–H and O–H groups in total. The lowest BCUT2D eigenvalue weighted by Crippen LogP contribution is -2.33. The molecule has 7 heteroatoms. The standard InChI is InChI=1S/C23H27N5O2/c29-22(18-8-4-11-24-14-18)26-13-10-19(16-26)28-21-20(9-5-12-25-21)27(23(28)30)15-17-6-2-1-3-7-17/h4-5,8-9,11-12,14,17,19H,1-3,6-7,10,13,15-16H2. The summed E-state index contributed by atoms with van der Waals surface area (Å²) in [6, 6.07) is 7.40. The summed E-state index contributed by atoms with van der Waals surface area (Å²) in [5.74, 6) is 0.528. The average Bonchev–Trinajstić information content (AvgIpc) is 3.38. The quantitative estimate of drug-likeness (QED) is 0.668. The van der Waals surface area contributed by atoms with Gasteiger partial charge in [0.05, 0.1) is 17.1 Å². The highest BCUT2D eigenvalue weighted by Gasteiger charge is 2.31. The predicted molar refractivity (Wildman–Crippen MR) is 114 cm³/mol. The van der Waals surface area contributed by atoms with Crippen molar-refractivity contribution in [3.63, 3.8) is 0 Å². The lowest BCUT2D eigenvalue weighted by Gasteiger charge is -2.21. The minimum Gasteiger partial charge on any atom is -0.336 e. The number of likely N-dealkylation sites (tertiary alicyclic amines) is 1. The van der Waals surface area contributed by atoms with Crippen molar-refractivity contribution < 1.29 is 4.79 Å². The highest BCUT2D eigenvalue weighted by molar-refractivity contribution is 5.94. The molecular weight excluding hydrogens is 378 g/mol. The second kappa shape index (κ2) is 8.05. The predicted octanol–water partition coefficient (Wildman–Crippen LogP) is 3.26. The minimum atomic E-state index is -0.0527. The minimum absolute atomic E-state index is 0.00921. The van der Waals surface area contributed by atoms with Crippen molar-refractivity contribution in [2.45, 2.75) is 51.1 Å². The molecule has 1 unspecified atom stereocenters. The number of aromatic nitrogens is 4. The fourth-order valence-electron chi connectivity index (χ4n) is 5.05. The first-order valence-electron chi connectivity index (χ1n) is 11.0. The number of imidazole rings is 1. The molecule has 1 saturated heterocycles. The number of pyridine rings is 2. The van der Waals surface area contributed by atoms with Crippen LogP contribution in [0.3, 0.4) is 0 Å². The summed E-state index contributed by atoms with van der Waals surface area (Å²) in [4.78, 5) is 36.7. The number of carbonyl (C=O) groups excluding carboxylic acids is 1. The number of fused-ring (bicyclic) bond motifs is 1. The first-order valence-corrected chi connectivity index (χ1v) is 11.0. The monoisotopic (exact) mass is 405 g/mol. The van der Waals surface area contributed by atoms with Crippen molar-refractivity contribution in [3.8, 4) is 0 Å². The zero-order valence-electron chi connectivity index (χ0n) is 17.1. The zero-order valence-corrected chi connectivity index (χ0v) is 17.1. The van der Waals surface area contributed by atoms with Crippen LogP contribution >= 0.6 is 0 Å². The molecule has 1 aliphatic heterocycles. The fraction of sp³-hybridized carbons (Fsp3) is 0.478. The van der Waals surface area contributed by atoms with Crippen LogP contribution in [0.15, 0.2) is 47.7 Å². The maximum Gasteiger partial charge on any atom is 0.330 e. The van der Waals surface area contributed by atoms with Crippen LogP contribution in [0.4, 0.5) is 0 Å². The van der Waals surface area contributed by atoms with Crippen LogP contribution < -0.4 is 5.69 Å². The molecule has 0 bridgehead atoms. The highest BCUT2D eigenvalue weighted by Crippen LogP contribution is 2.28. The molecule has 1 saturated carbocycles. The number of hydrogen-bond donors (Lipinski definition) is 0. The molecule has 0 radical (unpaired) electrons. The Bertz CT molecular complexity index is 1100. The Morgan fingerprint density at radius 3 is 2.70 bits per heavy atom. The maximum atomic E-state index is 13.5. The Labute approximate surface area is 175 Å². The third-order valence-electron chi connectivity index (χ3n) is 6.61. The van der Waals surface area contributed by atoms with E-state index in [1.54, 1.807) is 30.7 Å². The highest BCUT2D eigenvalue weighted by atomic mass is 16.2. The maximum absolute atomic E-state index is 13.5. The van der Waals surface area contributed by atoms with Crippen molar-refractivity contribution in [1.29, 1.82) is 0 Å². The topological polar surface area (TPSA) is 73.0 Å². The number of rotatable bonds is 4. The number of hydrogen-bond acceptors (Lipinski definition) is 4. The zero-order chi connectivity index (χ0) is 20.5. The van der Waals surface area contributed by atoms with Gasteiger partial charge in [0.1, 0.15) is 0 Å². The van der Waals surface area contributed by atoms with E-state index in [0.717, 1.165) is 24.1 Å². The van der Waals surface area contributed by atoms with E-state index >= 15 is 0 Å². The largest absolute Gasteiger partial charge is 0.336 e. The van der Waals surface area contributed by atoms with E-state index < -0.39 is 0 Å². The summed E-state index contributed by atoms with van der Waals surface area (Å²) in [6.07, 6.45) is 12.0. The van der Waals surface area contributed by atoms with Gasteiger partial charge in [-0.05, 0) is 49.4 Å². The SMILES string of the molecule is O=C(c1cccnc1)N1CCC(n2c(=O)n(CC3CCCCC3)c3cccnc32)C1. The van der Waals surface area contributed by atoms with Crippen molar-refractivity contribution in [2.75, 3.05) is 13.1 Å². The van der Waals surface area contributed by atoms with E-state index in [2.05, 4.69) is 9.97 Å². The fourth-order valence-corrected chi connectivity index (χ4v) is 5.05. The van der Waals surface area contributed by atoms with Crippen LogP contribution in [-0.4, -0.2) is 43.0 Å². The normalized spacial score (nSPS) is 20.1. The first kappa shape index (κ1) is 19.0. The molecule has 5 rings (SSSR count). The Hall–Kier alpha value is -2.96. The summed E-state index contributed by atoms with van der Waals surface area (Å²) in [7, 11) is 0. The van der Waals surface area contributed by atoms with Crippen molar-refractivity contribution >= 4 is 17.1 Å². The van der Waals surface area contributed by atoms with Gasteiger partial charge in [-0.1, -0.05) is 19.3 Å². The molecule has 3 aromatic rings. The van der Waals surface area contributed by atoms with Gasteiger partial charge < -0.3 is 4.90 Å². The summed E-state index contributed by atoms with van der Waals surface area (Å²) in [5, 5.41) is 0. The van der Waals surface area contributed by atoms with Crippen LogP contribution in [0.25, 0.3) is 11.2 Å². The molecule has 0 aromatic carbocycles. The third kappa shape index (κ3) is 3.42. The van der Waals surface area contributed by atoms with E-state index in [9.17, 15) is 9.59 Å². The molecule has 2 aliphatic rings. The molecule has 1 amide bonds. The van der Waals surface area contributed by atoms with Crippen molar-refractivity contribution in [3.05, 3.63) is 58.9 Å². The van der Waals surface area contributed by atoms with Gasteiger partial charge in [0.15, 0.2) is 5.65 Å². The van der Waals surface area contributed by atoms with Crippen LogP contribution in [0.1, 0.15) is 54.9 Å². The summed E-state index contributed by atoms with van der Waals surface area (Å²) >= 11 is 0. The lowest BCUT2D eigenvalue weighted by molar-refractivity contribution is 0.0787. The van der Waals surface area contributed by atoms with Crippen LogP contribution in [0.2, 0.25) is 0 Å². The molecule has 3 aromatic heterocycles. The van der Waals surface area contributed by atoms with Gasteiger partial charge >= 0.3 is 5.69 Å². The molecule has 2 fully saturated rings. The Morgan fingerprint density at radius 1 is 1.07 bits per heavy atom. The molecule has 7 nitrogen and oxygen atoms in total. The lowest BCUT2D eigenvalue weighted by atomic mass is 9.89. The third-order valence-corrected chi connectivity index (χ3v) is 6.61. The molecule has 156 valence electrons. The number of amides is 1. The van der Waals surface area contributed by atoms with Crippen LogP contribution in [-0.2, 0) is 6.54 Å². The van der Waals surface area contributed by atoms with E-state index in [-0.39, 0.29) is 17.6 Å². The molecule has 4 heterocycles. The second-order valence-corrected chi connectivity index (χ2v) is 8.55. The average molecular weight is 406 g/mol. The van der Waals surface area contributed by atoms with Gasteiger partial charge in [-0.3, -0.25) is 18.9 Å². The molecular formula is C23H27N5O2. The molecule has 1 atom stereocenters. The van der Waals surface area contributed by atoms with Gasteiger partial charge in [0, 0.05) is 38.2 Å². The molecule has 1 aliphatic carbocycles. The number of carbonyl (C=O) groups is 1. The molecule has 30 heavy (non-hydrogen) atoms. The molecule has 0 spiro atoms. The summed E-state index contributed by atoms with van der Waals surface area (Å²) in [6.45, 7) is 1.92. The first-order chi connectivity index (χ1) is 14.7. The van der Waals surface area contributed by atoms with Gasteiger partial charge in [-0.2, -0.15) is 0 Å². The van der Waals surface area contributed by atoms with E-state index in [0.29, 0.717) is 24.6 Å². The second-order valence-electron chi connectivity index (χ2n) is 8.55. The van der Waals surface area contributed by atoms with Crippen molar-refractivity contribution in [2.24, 2.45) is 5.92 Å². The Kier molecular flexibility index (Phi) is 5.11. The van der Waals surface area contributed by atoms with Gasteiger partial charge in [0.25, 0.3) is 5.91 Å². The van der Waals surface area contributed by atoms with Gasteiger partial charge in [-0.25, -0.2) is 9.78 Å². The Morgan fingerprint density at radius 2 is 1.90 bits per heavy atom. The van der Waals surface area contributed by atoms with Gasteiger partial charge in [0.2, 0.25) is 0 Å². The van der Waals surface area contributed by atoms with E-state index in [1.807, 2.05) is 26.2 Å². The smallest absolute Gasteiger partial charge is 0.330 e. The summed E-state index contributed by atoms with van der Waals surface area (Å²) in [5.41, 5.74) is 2.24. The Balaban J connectivity index is 1.44.